The quantitative estimate of drug-likeness (QED) is 0.927. The molecule has 116 valence electrons. The Morgan fingerprint density at radius 2 is 1.95 bits per heavy atom. The van der Waals surface area contributed by atoms with Crippen molar-refractivity contribution in [3.63, 3.8) is 0 Å². The third-order valence-electron chi connectivity index (χ3n) is 3.36. The zero-order valence-corrected chi connectivity index (χ0v) is 13.7. The van der Waals surface area contributed by atoms with Gasteiger partial charge in [0.25, 0.3) is 0 Å². The van der Waals surface area contributed by atoms with Gasteiger partial charge in [-0.15, -0.1) is 0 Å². The van der Waals surface area contributed by atoms with Gasteiger partial charge in [0.1, 0.15) is 5.60 Å². The van der Waals surface area contributed by atoms with E-state index in [1.165, 1.54) is 16.7 Å². The Morgan fingerprint density at radius 1 is 1.29 bits per heavy atom. The first-order valence-corrected chi connectivity index (χ1v) is 7.56. The van der Waals surface area contributed by atoms with Crippen molar-refractivity contribution < 1.29 is 9.53 Å². The summed E-state index contributed by atoms with van der Waals surface area (Å²) in [5.74, 6) is 0. The second-order valence-corrected chi connectivity index (χ2v) is 6.98. The highest BCUT2D eigenvalue weighted by atomic mass is 16.6. The zero-order valence-electron chi connectivity index (χ0n) is 13.7. The van der Waals surface area contributed by atoms with Gasteiger partial charge in [-0.1, -0.05) is 32.0 Å². The Balaban J connectivity index is 2.00. The SMILES string of the molecule is CC(C)NCc1ccc2c(c1)CN(C(=O)OC(C)(C)C)C2. The van der Waals surface area contributed by atoms with E-state index in [0.29, 0.717) is 19.1 Å². The molecule has 1 aliphatic rings. The number of carbonyl (C=O) groups excluding carboxylic acids is 1. The van der Waals surface area contributed by atoms with Gasteiger partial charge in [0, 0.05) is 25.7 Å². The summed E-state index contributed by atoms with van der Waals surface area (Å²) in [5.41, 5.74) is 3.25. The van der Waals surface area contributed by atoms with Crippen molar-refractivity contribution in [1.29, 1.82) is 0 Å². The molecule has 21 heavy (non-hydrogen) atoms. The van der Waals surface area contributed by atoms with Gasteiger partial charge < -0.3 is 10.1 Å². The third-order valence-corrected chi connectivity index (χ3v) is 3.36. The average Bonchev–Trinajstić information content (AvgIpc) is 2.77. The van der Waals surface area contributed by atoms with E-state index in [4.69, 9.17) is 4.74 Å². The van der Waals surface area contributed by atoms with Gasteiger partial charge in [0.2, 0.25) is 0 Å². The fraction of sp³-hybridized carbons (Fsp3) is 0.588. The van der Waals surface area contributed by atoms with Crippen molar-refractivity contribution >= 4 is 6.09 Å². The topological polar surface area (TPSA) is 41.6 Å². The van der Waals surface area contributed by atoms with Crippen LogP contribution in [0.5, 0.6) is 0 Å². The maximum atomic E-state index is 12.1. The van der Waals surface area contributed by atoms with Crippen molar-refractivity contribution in [2.75, 3.05) is 0 Å². The van der Waals surface area contributed by atoms with Crippen LogP contribution in [0.15, 0.2) is 18.2 Å². The Bertz CT molecular complexity index is 518. The first kappa shape index (κ1) is 15.8. The Morgan fingerprint density at radius 3 is 2.57 bits per heavy atom. The van der Waals surface area contributed by atoms with Crippen molar-refractivity contribution in [2.45, 2.75) is 65.9 Å². The molecule has 1 aromatic carbocycles. The minimum atomic E-state index is -0.446. The predicted molar refractivity (Wildman–Crippen MR) is 83.9 cm³/mol. The monoisotopic (exact) mass is 290 g/mol. The Kier molecular flexibility index (Phi) is 4.57. The minimum absolute atomic E-state index is 0.236. The number of nitrogens with one attached hydrogen (secondary N) is 1. The summed E-state index contributed by atoms with van der Waals surface area (Å²) in [6, 6.07) is 6.91. The molecule has 0 bridgehead atoms. The highest BCUT2D eigenvalue weighted by Gasteiger charge is 2.27. The smallest absolute Gasteiger partial charge is 0.410 e. The van der Waals surface area contributed by atoms with E-state index in [1.54, 1.807) is 4.90 Å². The average molecular weight is 290 g/mol. The van der Waals surface area contributed by atoms with Crippen LogP contribution in [-0.4, -0.2) is 22.6 Å². The number of benzene rings is 1. The second kappa shape index (κ2) is 6.06. The first-order valence-electron chi connectivity index (χ1n) is 7.56. The van der Waals surface area contributed by atoms with Crippen molar-refractivity contribution in [2.24, 2.45) is 0 Å². The van der Waals surface area contributed by atoms with Crippen LogP contribution < -0.4 is 5.32 Å². The van der Waals surface area contributed by atoms with Crippen LogP contribution in [0.25, 0.3) is 0 Å². The predicted octanol–water partition coefficient (Wildman–Crippen LogP) is 3.44. The molecule has 1 heterocycles. The molecule has 0 unspecified atom stereocenters. The van der Waals surface area contributed by atoms with Crippen LogP contribution in [0.2, 0.25) is 0 Å². The van der Waals surface area contributed by atoms with E-state index in [0.717, 1.165) is 6.54 Å². The van der Waals surface area contributed by atoms with Crippen LogP contribution in [0.3, 0.4) is 0 Å². The number of hydrogen-bond donors (Lipinski definition) is 1. The van der Waals surface area contributed by atoms with Crippen LogP contribution in [0.1, 0.15) is 51.3 Å². The lowest BCUT2D eigenvalue weighted by molar-refractivity contribution is 0.0242. The normalized spacial score (nSPS) is 14.5. The highest BCUT2D eigenvalue weighted by Crippen LogP contribution is 2.25. The molecule has 4 heteroatoms. The van der Waals surface area contributed by atoms with Gasteiger partial charge >= 0.3 is 6.09 Å². The van der Waals surface area contributed by atoms with Gasteiger partial charge in [-0.25, -0.2) is 4.79 Å². The minimum Gasteiger partial charge on any atom is -0.444 e. The standard InChI is InChI=1S/C17H26N2O2/c1-12(2)18-9-13-6-7-14-10-19(11-15(14)8-13)16(20)21-17(3,4)5/h6-8,12,18H,9-11H2,1-5H3. The number of ether oxygens (including phenoxy) is 1. The summed E-state index contributed by atoms with van der Waals surface area (Å²) >= 11 is 0. The lowest BCUT2D eigenvalue weighted by atomic mass is 10.1. The molecular weight excluding hydrogens is 264 g/mol. The molecule has 0 saturated carbocycles. The fourth-order valence-corrected chi connectivity index (χ4v) is 2.34. The molecule has 1 N–H and O–H groups in total. The molecule has 0 atom stereocenters. The first-order chi connectivity index (χ1) is 9.74. The number of nitrogens with zero attached hydrogens (tertiary/aromatic N) is 1. The number of fused-ring (bicyclic) bond motifs is 1. The summed E-state index contributed by atoms with van der Waals surface area (Å²) in [4.78, 5) is 13.9. The summed E-state index contributed by atoms with van der Waals surface area (Å²) in [5, 5.41) is 3.41. The van der Waals surface area contributed by atoms with Crippen LogP contribution in [0.4, 0.5) is 4.79 Å². The van der Waals surface area contributed by atoms with Crippen LogP contribution in [0, 0.1) is 0 Å². The van der Waals surface area contributed by atoms with Crippen LogP contribution in [-0.2, 0) is 24.4 Å². The van der Waals surface area contributed by atoms with Gasteiger partial charge in [-0.3, -0.25) is 4.90 Å². The molecule has 1 aliphatic heterocycles. The van der Waals surface area contributed by atoms with Crippen molar-refractivity contribution in [3.8, 4) is 0 Å². The Labute approximate surface area is 127 Å². The maximum Gasteiger partial charge on any atom is 0.410 e. The molecule has 0 aromatic heterocycles. The van der Waals surface area contributed by atoms with Gasteiger partial charge in [0.05, 0.1) is 0 Å². The summed E-state index contributed by atoms with van der Waals surface area (Å²) in [7, 11) is 0. The van der Waals surface area contributed by atoms with Gasteiger partial charge in [-0.05, 0) is 37.5 Å². The van der Waals surface area contributed by atoms with E-state index in [-0.39, 0.29) is 6.09 Å². The second-order valence-electron chi connectivity index (χ2n) is 6.98. The van der Waals surface area contributed by atoms with Crippen LogP contribution >= 0.6 is 0 Å². The summed E-state index contributed by atoms with van der Waals surface area (Å²) in [6.45, 7) is 12.1. The number of carbonyl (C=O) groups is 1. The van der Waals surface area contributed by atoms with Crippen molar-refractivity contribution in [1.82, 2.24) is 10.2 Å². The third kappa shape index (κ3) is 4.46. The molecule has 1 aromatic rings. The van der Waals surface area contributed by atoms with E-state index in [9.17, 15) is 4.79 Å². The molecule has 0 fully saturated rings. The highest BCUT2D eigenvalue weighted by molar-refractivity contribution is 5.69. The molecule has 0 radical (unpaired) electrons. The number of rotatable bonds is 3. The largest absolute Gasteiger partial charge is 0.444 e. The number of amides is 1. The van der Waals surface area contributed by atoms with E-state index < -0.39 is 5.60 Å². The fourth-order valence-electron chi connectivity index (χ4n) is 2.34. The summed E-state index contributed by atoms with van der Waals surface area (Å²) in [6.07, 6.45) is -0.236. The molecule has 0 saturated heterocycles. The van der Waals surface area contributed by atoms with E-state index >= 15 is 0 Å². The molecule has 0 aliphatic carbocycles. The zero-order chi connectivity index (χ0) is 15.6. The Hall–Kier alpha value is -1.55. The molecule has 2 rings (SSSR count). The molecule has 0 spiro atoms. The van der Waals surface area contributed by atoms with E-state index in [1.807, 2.05) is 20.8 Å². The number of hydrogen-bond acceptors (Lipinski definition) is 3. The maximum absolute atomic E-state index is 12.1. The summed E-state index contributed by atoms with van der Waals surface area (Å²) < 4.78 is 5.44. The lowest BCUT2D eigenvalue weighted by Gasteiger charge is -2.24. The molecular formula is C17H26N2O2. The molecule has 1 amide bonds. The van der Waals surface area contributed by atoms with Gasteiger partial charge in [-0.2, -0.15) is 0 Å². The van der Waals surface area contributed by atoms with Gasteiger partial charge in [0.15, 0.2) is 0 Å². The lowest BCUT2D eigenvalue weighted by Crippen LogP contribution is -2.33. The van der Waals surface area contributed by atoms with E-state index in [2.05, 4.69) is 37.4 Å². The van der Waals surface area contributed by atoms with Crippen molar-refractivity contribution in [3.05, 3.63) is 34.9 Å². The molecule has 4 nitrogen and oxygen atoms in total.